The highest BCUT2D eigenvalue weighted by Crippen LogP contribution is 2.20. The molecule has 0 spiro atoms. The van der Waals surface area contributed by atoms with E-state index >= 15 is 0 Å². The van der Waals surface area contributed by atoms with Crippen LogP contribution < -0.4 is 10.6 Å². The number of hydrogen-bond acceptors (Lipinski definition) is 5. The largest absolute Gasteiger partial charge is 0.367 e. The number of nitriles is 1. The molecule has 1 aromatic heterocycles. The van der Waals surface area contributed by atoms with E-state index in [-0.39, 0.29) is 5.82 Å². The van der Waals surface area contributed by atoms with Gasteiger partial charge in [0.05, 0.1) is 5.69 Å². The van der Waals surface area contributed by atoms with Gasteiger partial charge in [-0.15, -0.1) is 0 Å². The minimum atomic E-state index is 0.261. The fourth-order valence-electron chi connectivity index (χ4n) is 1.85. The molecule has 1 atom stereocenters. The third-order valence-electron chi connectivity index (χ3n) is 3.03. The topological polar surface area (TPSA) is 73.6 Å². The number of fused-ring (bicyclic) bond motifs is 1. The van der Waals surface area contributed by atoms with Gasteiger partial charge >= 0.3 is 0 Å². The lowest BCUT2D eigenvalue weighted by molar-refractivity contribution is 0.623. The van der Waals surface area contributed by atoms with Crippen molar-refractivity contribution in [2.75, 3.05) is 11.9 Å². The number of aromatic nitrogens is 2. The van der Waals surface area contributed by atoms with E-state index in [2.05, 4.69) is 34.4 Å². The zero-order valence-corrected chi connectivity index (χ0v) is 10.2. The van der Waals surface area contributed by atoms with E-state index in [1.807, 2.05) is 6.07 Å². The van der Waals surface area contributed by atoms with E-state index in [0.29, 0.717) is 6.04 Å². The van der Waals surface area contributed by atoms with E-state index < -0.39 is 0 Å². The second kappa shape index (κ2) is 5.11. The smallest absolute Gasteiger partial charge is 0.234 e. The lowest BCUT2D eigenvalue weighted by Crippen LogP contribution is -2.28. The lowest BCUT2D eigenvalue weighted by atomic mass is 10.1. The molecule has 2 N–H and O–H groups in total. The van der Waals surface area contributed by atoms with Crippen LogP contribution in [0.5, 0.6) is 0 Å². The molecule has 1 aromatic rings. The average Bonchev–Trinajstić information content (AvgIpc) is 2.38. The zero-order chi connectivity index (χ0) is 12.3. The summed E-state index contributed by atoms with van der Waals surface area (Å²) in [5, 5.41) is 15.6. The Morgan fingerprint density at radius 2 is 2.35 bits per heavy atom. The van der Waals surface area contributed by atoms with E-state index in [1.54, 1.807) is 0 Å². The maximum atomic E-state index is 8.94. The maximum absolute atomic E-state index is 8.94. The second-order valence-corrected chi connectivity index (χ2v) is 4.31. The van der Waals surface area contributed by atoms with Gasteiger partial charge in [0.15, 0.2) is 0 Å². The number of anilines is 1. The molecule has 1 aliphatic rings. The highest BCUT2D eigenvalue weighted by Gasteiger charge is 2.18. The molecule has 0 amide bonds. The van der Waals surface area contributed by atoms with E-state index in [1.165, 1.54) is 0 Å². The minimum absolute atomic E-state index is 0.261. The first-order valence-electron chi connectivity index (χ1n) is 6.01. The Labute approximate surface area is 101 Å². The van der Waals surface area contributed by atoms with Crippen molar-refractivity contribution in [3.63, 3.8) is 0 Å². The van der Waals surface area contributed by atoms with Crippen molar-refractivity contribution >= 4 is 5.82 Å². The van der Waals surface area contributed by atoms with Gasteiger partial charge in [-0.2, -0.15) is 5.26 Å². The summed E-state index contributed by atoms with van der Waals surface area (Å²) in [6.07, 6.45) is 1.88. The average molecular weight is 231 g/mol. The van der Waals surface area contributed by atoms with Gasteiger partial charge in [0.1, 0.15) is 11.9 Å². The predicted octanol–water partition coefficient (Wildman–Crippen LogP) is 1.20. The van der Waals surface area contributed by atoms with Crippen LogP contribution in [0, 0.1) is 11.3 Å². The van der Waals surface area contributed by atoms with Crippen molar-refractivity contribution in [3.05, 3.63) is 17.1 Å². The lowest BCUT2D eigenvalue weighted by Gasteiger charge is -2.21. The first kappa shape index (κ1) is 11.8. The third kappa shape index (κ3) is 2.53. The Kier molecular flexibility index (Phi) is 3.55. The van der Waals surface area contributed by atoms with Gasteiger partial charge in [-0.3, -0.25) is 0 Å². The summed E-state index contributed by atoms with van der Waals surface area (Å²) in [4.78, 5) is 8.54. The Hall–Kier alpha value is -1.67. The van der Waals surface area contributed by atoms with E-state index in [9.17, 15) is 0 Å². The van der Waals surface area contributed by atoms with Crippen molar-refractivity contribution in [1.82, 2.24) is 15.3 Å². The molecule has 0 radical (unpaired) electrons. The van der Waals surface area contributed by atoms with Gasteiger partial charge in [-0.05, 0) is 13.3 Å². The molecule has 0 aromatic carbocycles. The predicted molar refractivity (Wildman–Crippen MR) is 65.5 cm³/mol. The van der Waals surface area contributed by atoms with Crippen molar-refractivity contribution in [2.24, 2.45) is 0 Å². The maximum Gasteiger partial charge on any atom is 0.234 e. The second-order valence-electron chi connectivity index (χ2n) is 4.31. The monoisotopic (exact) mass is 231 g/mol. The van der Waals surface area contributed by atoms with Gasteiger partial charge < -0.3 is 10.6 Å². The molecule has 1 aliphatic heterocycles. The standard InChI is InChI=1S/C12H17N5/c1-3-8(2)15-12-9-7-14-5-4-10(9)16-11(6-13)17-12/h8,14H,3-5,7H2,1-2H3,(H,15,16,17). The Morgan fingerprint density at radius 1 is 1.53 bits per heavy atom. The quantitative estimate of drug-likeness (QED) is 0.817. The normalized spacial score (nSPS) is 15.8. The molecule has 5 heteroatoms. The summed E-state index contributed by atoms with van der Waals surface area (Å²) in [6.45, 7) is 5.92. The summed E-state index contributed by atoms with van der Waals surface area (Å²) in [5.74, 6) is 1.07. The van der Waals surface area contributed by atoms with Crippen LogP contribution >= 0.6 is 0 Å². The Balaban J connectivity index is 2.38. The fraction of sp³-hybridized carbons (Fsp3) is 0.583. The molecule has 90 valence electrons. The van der Waals surface area contributed by atoms with Crippen LogP contribution in [0.3, 0.4) is 0 Å². The molecule has 0 saturated heterocycles. The molecule has 0 aliphatic carbocycles. The van der Waals surface area contributed by atoms with Crippen molar-refractivity contribution < 1.29 is 0 Å². The number of rotatable bonds is 3. The summed E-state index contributed by atoms with van der Waals surface area (Å²) >= 11 is 0. The van der Waals surface area contributed by atoms with Crippen molar-refractivity contribution in [3.8, 4) is 6.07 Å². The summed E-state index contributed by atoms with van der Waals surface area (Å²) in [5.41, 5.74) is 2.11. The minimum Gasteiger partial charge on any atom is -0.367 e. The Bertz CT molecular complexity index is 449. The zero-order valence-electron chi connectivity index (χ0n) is 10.2. The van der Waals surface area contributed by atoms with Crippen LogP contribution in [-0.2, 0) is 13.0 Å². The molecule has 17 heavy (non-hydrogen) atoms. The molecule has 1 unspecified atom stereocenters. The summed E-state index contributed by atoms with van der Waals surface area (Å²) < 4.78 is 0. The first-order chi connectivity index (χ1) is 8.24. The molecule has 2 heterocycles. The molecule has 0 fully saturated rings. The van der Waals surface area contributed by atoms with Gasteiger partial charge in [-0.1, -0.05) is 6.92 Å². The van der Waals surface area contributed by atoms with Crippen LogP contribution in [0.1, 0.15) is 37.4 Å². The van der Waals surface area contributed by atoms with Crippen LogP contribution in [0.15, 0.2) is 0 Å². The van der Waals surface area contributed by atoms with Crippen LogP contribution in [-0.4, -0.2) is 22.6 Å². The molecular formula is C12H17N5. The Morgan fingerprint density at radius 3 is 3.06 bits per heavy atom. The molecular weight excluding hydrogens is 214 g/mol. The fourth-order valence-corrected chi connectivity index (χ4v) is 1.85. The van der Waals surface area contributed by atoms with Crippen LogP contribution in [0.25, 0.3) is 0 Å². The first-order valence-corrected chi connectivity index (χ1v) is 6.01. The summed E-state index contributed by atoms with van der Waals surface area (Å²) in [6, 6.07) is 2.38. The molecule has 2 rings (SSSR count). The van der Waals surface area contributed by atoms with E-state index in [4.69, 9.17) is 5.26 Å². The summed E-state index contributed by atoms with van der Waals surface area (Å²) in [7, 11) is 0. The van der Waals surface area contributed by atoms with Crippen LogP contribution in [0.4, 0.5) is 5.82 Å². The van der Waals surface area contributed by atoms with E-state index in [0.717, 1.165) is 43.0 Å². The van der Waals surface area contributed by atoms with Gasteiger partial charge in [-0.25, -0.2) is 9.97 Å². The molecule has 0 bridgehead atoms. The highest BCUT2D eigenvalue weighted by atomic mass is 15.1. The number of nitrogens with zero attached hydrogens (tertiary/aromatic N) is 3. The van der Waals surface area contributed by atoms with Gasteiger partial charge in [0, 0.05) is 31.1 Å². The number of nitrogens with one attached hydrogen (secondary N) is 2. The number of hydrogen-bond donors (Lipinski definition) is 2. The van der Waals surface area contributed by atoms with Crippen LogP contribution in [0.2, 0.25) is 0 Å². The molecule has 0 saturated carbocycles. The van der Waals surface area contributed by atoms with Crippen molar-refractivity contribution in [1.29, 1.82) is 5.26 Å². The highest BCUT2D eigenvalue weighted by molar-refractivity contribution is 5.49. The molecule has 5 nitrogen and oxygen atoms in total. The van der Waals surface area contributed by atoms with Gasteiger partial charge in [0.2, 0.25) is 5.82 Å². The third-order valence-corrected chi connectivity index (χ3v) is 3.03. The van der Waals surface area contributed by atoms with Gasteiger partial charge in [0.25, 0.3) is 0 Å². The SMILES string of the molecule is CCC(C)Nc1nc(C#N)nc2c1CNCC2. The van der Waals surface area contributed by atoms with Crippen molar-refractivity contribution in [2.45, 2.75) is 39.3 Å².